The van der Waals surface area contributed by atoms with Crippen molar-refractivity contribution in [2.45, 2.75) is 13.0 Å². The zero-order valence-corrected chi connectivity index (χ0v) is 13.0. The molecule has 6 heteroatoms. The standard InChI is InChI=1S/C14H18BrN3O2/c1-10(11-2-4-12(15)5-3-11)17-14(20)9-18-7-6-16-13(19)8-18/h2-5,10H,6-9H2,1H3,(H,16,19)(H,17,20)/p+1/t10-/m1/s1. The van der Waals surface area contributed by atoms with Crippen LogP contribution in [0.2, 0.25) is 0 Å². The Morgan fingerprint density at radius 3 is 2.80 bits per heavy atom. The van der Waals surface area contributed by atoms with Crippen molar-refractivity contribution < 1.29 is 14.5 Å². The molecule has 1 aliphatic heterocycles. The SMILES string of the molecule is C[C@@H](NC(=O)C[NH+]1CCNC(=O)C1)c1ccc(Br)cc1. The van der Waals surface area contributed by atoms with E-state index in [4.69, 9.17) is 0 Å². The molecule has 1 saturated heterocycles. The summed E-state index contributed by atoms with van der Waals surface area (Å²) in [6.07, 6.45) is 0. The van der Waals surface area contributed by atoms with Crippen LogP contribution in [0.1, 0.15) is 18.5 Å². The van der Waals surface area contributed by atoms with Crippen LogP contribution in [0, 0.1) is 0 Å². The summed E-state index contributed by atoms with van der Waals surface area (Å²) in [6, 6.07) is 7.84. The van der Waals surface area contributed by atoms with Crippen molar-refractivity contribution >= 4 is 27.7 Å². The molecule has 0 radical (unpaired) electrons. The molecule has 1 heterocycles. The van der Waals surface area contributed by atoms with Gasteiger partial charge in [-0.3, -0.25) is 9.59 Å². The van der Waals surface area contributed by atoms with Gasteiger partial charge in [-0.1, -0.05) is 28.1 Å². The number of hydrogen-bond acceptors (Lipinski definition) is 2. The van der Waals surface area contributed by atoms with E-state index in [0.717, 1.165) is 21.5 Å². The van der Waals surface area contributed by atoms with Crippen molar-refractivity contribution in [2.75, 3.05) is 26.2 Å². The lowest BCUT2D eigenvalue weighted by atomic mass is 10.1. The van der Waals surface area contributed by atoms with Gasteiger partial charge in [0, 0.05) is 4.47 Å². The third kappa shape index (κ3) is 4.31. The summed E-state index contributed by atoms with van der Waals surface area (Å²) < 4.78 is 1.02. The summed E-state index contributed by atoms with van der Waals surface area (Å²) >= 11 is 3.39. The molecule has 0 aromatic heterocycles. The minimum atomic E-state index is -0.0337. The topological polar surface area (TPSA) is 62.6 Å². The van der Waals surface area contributed by atoms with E-state index in [1.54, 1.807) is 0 Å². The summed E-state index contributed by atoms with van der Waals surface area (Å²) in [5.41, 5.74) is 1.06. The lowest BCUT2D eigenvalue weighted by Crippen LogP contribution is -3.16. The van der Waals surface area contributed by atoms with Gasteiger partial charge in [-0.25, -0.2) is 0 Å². The van der Waals surface area contributed by atoms with Crippen LogP contribution in [0.15, 0.2) is 28.7 Å². The Balaban J connectivity index is 1.84. The highest BCUT2D eigenvalue weighted by Crippen LogP contribution is 2.16. The molecule has 108 valence electrons. The van der Waals surface area contributed by atoms with Gasteiger partial charge in [-0.15, -0.1) is 0 Å². The van der Waals surface area contributed by atoms with Crippen molar-refractivity contribution in [3.05, 3.63) is 34.3 Å². The highest BCUT2D eigenvalue weighted by atomic mass is 79.9. The van der Waals surface area contributed by atoms with Crippen LogP contribution in [0.25, 0.3) is 0 Å². The van der Waals surface area contributed by atoms with Gasteiger partial charge in [0.1, 0.15) is 0 Å². The second-order valence-corrected chi connectivity index (χ2v) is 5.96. The maximum absolute atomic E-state index is 12.0. The lowest BCUT2D eigenvalue weighted by Gasteiger charge is -2.23. The first-order chi connectivity index (χ1) is 9.54. The van der Waals surface area contributed by atoms with E-state index in [1.165, 1.54) is 0 Å². The van der Waals surface area contributed by atoms with Crippen LogP contribution in [0.4, 0.5) is 0 Å². The zero-order chi connectivity index (χ0) is 14.5. The highest BCUT2D eigenvalue weighted by Gasteiger charge is 2.22. The predicted octanol–water partition coefficient (Wildman–Crippen LogP) is -0.359. The average Bonchev–Trinajstić information content (AvgIpc) is 2.39. The molecule has 0 aliphatic carbocycles. The number of nitrogens with one attached hydrogen (secondary N) is 3. The molecule has 2 rings (SSSR count). The van der Waals surface area contributed by atoms with Gasteiger partial charge in [-0.2, -0.15) is 0 Å². The molecule has 1 aromatic carbocycles. The number of hydrogen-bond donors (Lipinski definition) is 3. The molecule has 1 aromatic rings. The molecule has 3 N–H and O–H groups in total. The van der Waals surface area contributed by atoms with E-state index in [1.807, 2.05) is 31.2 Å². The van der Waals surface area contributed by atoms with Gasteiger partial charge in [-0.05, 0) is 24.6 Å². The molecule has 20 heavy (non-hydrogen) atoms. The first-order valence-electron chi connectivity index (χ1n) is 6.69. The number of quaternary nitrogens is 1. The van der Waals surface area contributed by atoms with Crippen molar-refractivity contribution in [1.29, 1.82) is 0 Å². The maximum atomic E-state index is 12.0. The number of piperazine rings is 1. The van der Waals surface area contributed by atoms with Crippen molar-refractivity contribution in [1.82, 2.24) is 10.6 Å². The Labute approximate surface area is 126 Å². The molecule has 1 aliphatic rings. The first kappa shape index (κ1) is 15.0. The molecule has 1 unspecified atom stereocenters. The fraction of sp³-hybridized carbons (Fsp3) is 0.429. The molecule has 0 saturated carbocycles. The lowest BCUT2D eigenvalue weighted by molar-refractivity contribution is -0.885. The minimum Gasteiger partial charge on any atom is -0.346 e. The van der Waals surface area contributed by atoms with E-state index in [9.17, 15) is 9.59 Å². The Hall–Kier alpha value is -1.40. The van der Waals surface area contributed by atoms with Gasteiger partial charge in [0.25, 0.3) is 11.8 Å². The highest BCUT2D eigenvalue weighted by molar-refractivity contribution is 9.10. The Kier molecular flexibility index (Phi) is 5.14. The van der Waals surface area contributed by atoms with Crippen LogP contribution in [-0.4, -0.2) is 38.0 Å². The monoisotopic (exact) mass is 340 g/mol. The fourth-order valence-corrected chi connectivity index (χ4v) is 2.53. The summed E-state index contributed by atoms with van der Waals surface area (Å²) in [6.45, 7) is 4.11. The average molecular weight is 341 g/mol. The van der Waals surface area contributed by atoms with Gasteiger partial charge in [0.2, 0.25) is 0 Å². The number of rotatable bonds is 4. The largest absolute Gasteiger partial charge is 0.346 e. The smallest absolute Gasteiger partial charge is 0.275 e. The van der Waals surface area contributed by atoms with Gasteiger partial charge >= 0.3 is 0 Å². The normalized spacial score (nSPS) is 20.1. The first-order valence-corrected chi connectivity index (χ1v) is 7.49. The van der Waals surface area contributed by atoms with Crippen LogP contribution in [-0.2, 0) is 9.59 Å². The third-order valence-electron chi connectivity index (χ3n) is 3.37. The van der Waals surface area contributed by atoms with E-state index in [-0.39, 0.29) is 17.9 Å². The van der Waals surface area contributed by atoms with E-state index in [2.05, 4.69) is 26.6 Å². The van der Waals surface area contributed by atoms with E-state index in [0.29, 0.717) is 19.6 Å². The quantitative estimate of drug-likeness (QED) is 0.701. The second-order valence-electron chi connectivity index (χ2n) is 5.04. The number of halogens is 1. The van der Waals surface area contributed by atoms with Crippen LogP contribution >= 0.6 is 15.9 Å². The Morgan fingerprint density at radius 1 is 1.45 bits per heavy atom. The molecular formula is C14H19BrN3O2+. The van der Waals surface area contributed by atoms with E-state index < -0.39 is 0 Å². The molecule has 0 bridgehead atoms. The van der Waals surface area contributed by atoms with Gasteiger partial charge in [0.05, 0.1) is 19.1 Å². The zero-order valence-electron chi connectivity index (χ0n) is 11.4. The number of carbonyl (C=O) groups is 2. The number of amides is 2. The van der Waals surface area contributed by atoms with Crippen molar-refractivity contribution in [2.24, 2.45) is 0 Å². The summed E-state index contributed by atoms with van der Waals surface area (Å²) in [7, 11) is 0. The molecule has 1 fully saturated rings. The summed E-state index contributed by atoms with van der Waals surface area (Å²) in [5, 5.41) is 5.73. The summed E-state index contributed by atoms with van der Waals surface area (Å²) in [5.74, 6) is -0.00914. The maximum Gasteiger partial charge on any atom is 0.275 e. The number of benzene rings is 1. The fourth-order valence-electron chi connectivity index (χ4n) is 2.26. The van der Waals surface area contributed by atoms with Gasteiger partial charge in [0.15, 0.2) is 13.1 Å². The number of carbonyl (C=O) groups excluding carboxylic acids is 2. The predicted molar refractivity (Wildman–Crippen MR) is 79.3 cm³/mol. The molecule has 2 amide bonds. The van der Waals surface area contributed by atoms with Crippen molar-refractivity contribution in [3.8, 4) is 0 Å². The third-order valence-corrected chi connectivity index (χ3v) is 3.90. The molecule has 5 nitrogen and oxygen atoms in total. The van der Waals surface area contributed by atoms with E-state index >= 15 is 0 Å². The molecule has 0 spiro atoms. The van der Waals surface area contributed by atoms with Crippen molar-refractivity contribution in [3.63, 3.8) is 0 Å². The summed E-state index contributed by atoms with van der Waals surface area (Å²) in [4.78, 5) is 24.3. The van der Waals surface area contributed by atoms with Crippen LogP contribution in [0.3, 0.4) is 0 Å². The minimum absolute atomic E-state index is 0.0139. The van der Waals surface area contributed by atoms with Crippen LogP contribution < -0.4 is 15.5 Å². The Bertz CT molecular complexity index is 490. The second kappa shape index (κ2) is 6.85. The molecule has 2 atom stereocenters. The van der Waals surface area contributed by atoms with Crippen LogP contribution in [0.5, 0.6) is 0 Å². The molecular weight excluding hydrogens is 322 g/mol. The van der Waals surface area contributed by atoms with Gasteiger partial charge < -0.3 is 15.5 Å². The Morgan fingerprint density at radius 2 is 2.15 bits per heavy atom.